The smallest absolute Gasteiger partial charge is 0.263 e. The summed E-state index contributed by atoms with van der Waals surface area (Å²) in [5.41, 5.74) is 8.04. The predicted octanol–water partition coefficient (Wildman–Crippen LogP) is 4.99. The van der Waals surface area contributed by atoms with Crippen LogP contribution in [0.25, 0.3) is 0 Å². The molecule has 0 saturated heterocycles. The number of aliphatic imine (C=N–C) groups is 1. The second kappa shape index (κ2) is 10.4. The number of nitrogens with one attached hydrogen (secondary N) is 2. The van der Waals surface area contributed by atoms with Gasteiger partial charge in [0.1, 0.15) is 11.6 Å². The molecule has 2 N–H and O–H groups in total. The first-order valence-corrected chi connectivity index (χ1v) is 8.68. The Morgan fingerprint density at radius 1 is 1.08 bits per heavy atom. The number of hydrogen-bond acceptors (Lipinski definition) is 3. The van der Waals surface area contributed by atoms with E-state index in [0.717, 1.165) is 37.4 Å². The van der Waals surface area contributed by atoms with Crippen molar-refractivity contribution in [3.63, 3.8) is 0 Å². The number of methoxy groups -OCH3 is 1. The molecule has 0 unspecified atom stereocenters. The number of benzene rings is 2. The number of halogens is 2. The molecule has 0 saturated carbocycles. The van der Waals surface area contributed by atoms with E-state index in [4.69, 9.17) is 4.74 Å². The topological polar surface area (TPSA) is 45.6 Å². The first-order chi connectivity index (χ1) is 12.6. The largest absolute Gasteiger partial charge is 0.497 e. The van der Waals surface area contributed by atoms with E-state index >= 15 is 0 Å². The Balaban J connectivity index is 1.91. The van der Waals surface area contributed by atoms with E-state index in [0.29, 0.717) is 5.69 Å². The van der Waals surface area contributed by atoms with Gasteiger partial charge in [-0.15, -0.1) is 0 Å². The maximum Gasteiger partial charge on any atom is 0.263 e. The second-order valence-electron chi connectivity index (χ2n) is 5.85. The lowest BCUT2D eigenvalue weighted by Gasteiger charge is -2.13. The average Bonchev–Trinajstić information content (AvgIpc) is 2.68. The summed E-state index contributed by atoms with van der Waals surface area (Å²) < 4.78 is 30.4. The first-order valence-electron chi connectivity index (χ1n) is 8.68. The van der Waals surface area contributed by atoms with Gasteiger partial charge < -0.3 is 4.74 Å². The molecule has 26 heavy (non-hydrogen) atoms. The van der Waals surface area contributed by atoms with E-state index in [1.807, 2.05) is 24.3 Å². The van der Waals surface area contributed by atoms with Gasteiger partial charge in [0, 0.05) is 18.5 Å². The lowest BCUT2D eigenvalue weighted by atomic mass is 10.1. The van der Waals surface area contributed by atoms with Gasteiger partial charge in [0.05, 0.1) is 12.8 Å². The summed E-state index contributed by atoms with van der Waals surface area (Å²) in [4.78, 5) is 4.55. The Labute approximate surface area is 153 Å². The number of alkyl halides is 2. The highest BCUT2D eigenvalue weighted by molar-refractivity contribution is 5.83. The van der Waals surface area contributed by atoms with E-state index < -0.39 is 6.43 Å². The molecule has 0 aliphatic heterocycles. The Morgan fingerprint density at radius 2 is 1.77 bits per heavy atom. The van der Waals surface area contributed by atoms with Gasteiger partial charge in [0.2, 0.25) is 0 Å². The normalized spacial score (nSPS) is 11.5. The van der Waals surface area contributed by atoms with Gasteiger partial charge in [-0.3, -0.25) is 15.8 Å². The zero-order valence-corrected chi connectivity index (χ0v) is 15.1. The van der Waals surface area contributed by atoms with Crippen LogP contribution >= 0.6 is 0 Å². The standard InChI is InChI=1S/C20H25F2N3O/c1-3-14-23-19(13-6-15-4-11-18(26-2)12-5-15)25-24-17-9-7-16(8-10-17)20(21)22/h4-5,7-12,20,24H,3,6,13-14H2,1-2H3,(H,23,25). The monoisotopic (exact) mass is 361 g/mol. The molecule has 0 aliphatic carbocycles. The number of aryl methyl sites for hydroxylation is 1. The lowest BCUT2D eigenvalue weighted by Crippen LogP contribution is -2.30. The van der Waals surface area contributed by atoms with Crippen molar-refractivity contribution in [2.45, 2.75) is 32.6 Å². The molecule has 0 aliphatic rings. The van der Waals surface area contributed by atoms with E-state index in [2.05, 4.69) is 22.8 Å². The SMILES string of the molecule is CCCN=C(CCc1ccc(OC)cc1)NNc1ccc(C(F)F)cc1. The van der Waals surface area contributed by atoms with Crippen molar-refractivity contribution < 1.29 is 13.5 Å². The summed E-state index contributed by atoms with van der Waals surface area (Å²) in [6, 6.07) is 14.0. The van der Waals surface area contributed by atoms with Gasteiger partial charge >= 0.3 is 0 Å². The quantitative estimate of drug-likeness (QED) is 0.376. The van der Waals surface area contributed by atoms with E-state index in [1.54, 1.807) is 19.2 Å². The fourth-order valence-electron chi connectivity index (χ4n) is 2.34. The summed E-state index contributed by atoms with van der Waals surface area (Å²) in [6.45, 7) is 2.80. The molecule has 4 nitrogen and oxygen atoms in total. The third kappa shape index (κ3) is 6.35. The van der Waals surface area contributed by atoms with E-state index in [1.165, 1.54) is 17.7 Å². The molecule has 0 aromatic heterocycles. The maximum atomic E-state index is 12.6. The van der Waals surface area contributed by atoms with Crippen molar-refractivity contribution in [1.29, 1.82) is 0 Å². The number of ether oxygens (including phenoxy) is 1. The number of hydrogen-bond donors (Lipinski definition) is 2. The van der Waals surface area contributed by atoms with Crippen molar-refractivity contribution in [2.24, 2.45) is 4.99 Å². The van der Waals surface area contributed by atoms with Crippen LogP contribution in [0.5, 0.6) is 5.75 Å². The number of anilines is 1. The van der Waals surface area contributed by atoms with Crippen LogP contribution in [-0.2, 0) is 6.42 Å². The highest BCUT2D eigenvalue weighted by Crippen LogP contribution is 2.20. The van der Waals surface area contributed by atoms with Crippen LogP contribution in [-0.4, -0.2) is 19.5 Å². The van der Waals surface area contributed by atoms with Crippen LogP contribution in [0.15, 0.2) is 53.5 Å². The minimum atomic E-state index is -2.46. The van der Waals surface area contributed by atoms with Crippen LogP contribution in [0.1, 0.15) is 37.3 Å². The number of rotatable bonds is 9. The number of amidine groups is 1. The summed E-state index contributed by atoms with van der Waals surface area (Å²) in [5.74, 6) is 1.67. The van der Waals surface area contributed by atoms with Gasteiger partial charge in [-0.1, -0.05) is 31.2 Å². The van der Waals surface area contributed by atoms with Crippen LogP contribution in [0.4, 0.5) is 14.5 Å². The summed E-state index contributed by atoms with van der Waals surface area (Å²) in [5, 5.41) is 0. The maximum absolute atomic E-state index is 12.6. The number of nitrogens with zero attached hydrogens (tertiary/aromatic N) is 1. The molecule has 140 valence electrons. The third-order valence-corrected chi connectivity index (χ3v) is 3.85. The van der Waals surface area contributed by atoms with Crippen molar-refractivity contribution in [3.05, 3.63) is 59.7 Å². The Bertz CT molecular complexity index is 685. The third-order valence-electron chi connectivity index (χ3n) is 3.85. The van der Waals surface area contributed by atoms with Crippen molar-refractivity contribution in [3.8, 4) is 5.75 Å². The Kier molecular flexibility index (Phi) is 7.86. The van der Waals surface area contributed by atoms with Crippen molar-refractivity contribution >= 4 is 11.5 Å². The molecule has 0 radical (unpaired) electrons. The zero-order valence-electron chi connectivity index (χ0n) is 15.1. The lowest BCUT2D eigenvalue weighted by molar-refractivity contribution is 0.151. The molecule has 2 aromatic carbocycles. The molecule has 0 heterocycles. The molecule has 0 bridgehead atoms. The fourth-order valence-corrected chi connectivity index (χ4v) is 2.34. The van der Waals surface area contributed by atoms with Gasteiger partial charge in [-0.25, -0.2) is 8.78 Å². The molecule has 0 amide bonds. The van der Waals surface area contributed by atoms with E-state index in [-0.39, 0.29) is 5.56 Å². The Hall–Kier alpha value is -2.63. The molecule has 2 aromatic rings. The summed E-state index contributed by atoms with van der Waals surface area (Å²) in [7, 11) is 1.65. The van der Waals surface area contributed by atoms with E-state index in [9.17, 15) is 8.78 Å². The highest BCUT2D eigenvalue weighted by atomic mass is 19.3. The van der Waals surface area contributed by atoms with Gasteiger partial charge in [0.25, 0.3) is 6.43 Å². The molecular formula is C20H25F2N3O. The predicted molar refractivity (Wildman–Crippen MR) is 102 cm³/mol. The van der Waals surface area contributed by atoms with Gasteiger partial charge in [-0.05, 0) is 42.7 Å². The van der Waals surface area contributed by atoms with Crippen LogP contribution in [0, 0.1) is 0 Å². The minimum Gasteiger partial charge on any atom is -0.497 e. The summed E-state index contributed by atoms with van der Waals surface area (Å²) in [6.07, 6.45) is 0.0831. The molecule has 0 atom stereocenters. The average molecular weight is 361 g/mol. The molecule has 6 heteroatoms. The number of hydrazine groups is 1. The molecule has 0 spiro atoms. The highest BCUT2D eigenvalue weighted by Gasteiger charge is 2.06. The molecule has 2 rings (SSSR count). The second-order valence-corrected chi connectivity index (χ2v) is 5.85. The van der Waals surface area contributed by atoms with Gasteiger partial charge in [-0.2, -0.15) is 0 Å². The molecular weight excluding hydrogens is 336 g/mol. The van der Waals surface area contributed by atoms with Crippen LogP contribution < -0.4 is 15.6 Å². The van der Waals surface area contributed by atoms with Crippen molar-refractivity contribution in [2.75, 3.05) is 19.1 Å². The first kappa shape index (κ1) is 19.7. The molecule has 0 fully saturated rings. The Morgan fingerprint density at radius 3 is 2.35 bits per heavy atom. The summed E-state index contributed by atoms with van der Waals surface area (Å²) >= 11 is 0. The minimum absolute atomic E-state index is 0.00919. The van der Waals surface area contributed by atoms with Crippen molar-refractivity contribution in [1.82, 2.24) is 5.43 Å². The fraction of sp³-hybridized carbons (Fsp3) is 0.350. The van der Waals surface area contributed by atoms with Gasteiger partial charge in [0.15, 0.2) is 0 Å². The van der Waals surface area contributed by atoms with Crippen LogP contribution in [0.2, 0.25) is 0 Å². The van der Waals surface area contributed by atoms with Crippen LogP contribution in [0.3, 0.4) is 0 Å². The zero-order chi connectivity index (χ0) is 18.8.